The van der Waals surface area contributed by atoms with Crippen molar-refractivity contribution in [1.82, 2.24) is 0 Å². The number of Topliss-reactive ketones (excluding diaryl/α,β-unsaturated/α-hetero) is 1. The monoisotopic (exact) mass is 264 g/mol. The largest absolute Gasteiger partial charge is 0.353 e. The number of carbonyl (C=O) groups excluding carboxylic acids is 1. The second-order valence-electron chi connectivity index (χ2n) is 5.18. The summed E-state index contributed by atoms with van der Waals surface area (Å²) in [6.07, 6.45) is 14.2. The molecule has 0 aromatic carbocycles. The Hall–Kier alpha value is -0.930. The molecule has 0 aromatic heterocycles. The molecule has 1 atom stereocenters. The first-order valence-corrected chi connectivity index (χ1v) is 7.46. The maximum Gasteiger partial charge on any atom is 0.159 e. The second kappa shape index (κ2) is 8.28. The van der Waals surface area contributed by atoms with Crippen LogP contribution in [0.15, 0.2) is 23.8 Å². The van der Waals surface area contributed by atoms with E-state index in [4.69, 9.17) is 9.47 Å². The summed E-state index contributed by atoms with van der Waals surface area (Å²) in [5.41, 5.74) is 0.989. The first-order chi connectivity index (χ1) is 9.36. The van der Waals surface area contributed by atoms with Gasteiger partial charge in [0.05, 0.1) is 6.61 Å². The molecule has 1 fully saturated rings. The summed E-state index contributed by atoms with van der Waals surface area (Å²) in [6.45, 7) is 1.60. The molecule has 0 bridgehead atoms. The molecule has 0 radical (unpaired) electrons. The molecule has 2 aliphatic rings. The van der Waals surface area contributed by atoms with E-state index < -0.39 is 0 Å². The lowest BCUT2D eigenvalue weighted by Crippen LogP contribution is -2.22. The summed E-state index contributed by atoms with van der Waals surface area (Å²) in [5.74, 6) is 0.322. The van der Waals surface area contributed by atoms with Crippen LogP contribution in [0, 0.1) is 0 Å². The van der Waals surface area contributed by atoms with Gasteiger partial charge in [-0.15, -0.1) is 0 Å². The summed E-state index contributed by atoms with van der Waals surface area (Å²) in [4.78, 5) is 11.4. The van der Waals surface area contributed by atoms with E-state index in [1.807, 2.05) is 0 Å². The van der Waals surface area contributed by atoms with Gasteiger partial charge in [0.25, 0.3) is 0 Å². The Bertz CT molecular complexity index is 338. The van der Waals surface area contributed by atoms with E-state index in [-0.39, 0.29) is 6.29 Å². The highest BCUT2D eigenvalue weighted by Crippen LogP contribution is 2.17. The van der Waals surface area contributed by atoms with E-state index in [1.165, 1.54) is 6.42 Å². The topological polar surface area (TPSA) is 35.5 Å². The first kappa shape index (κ1) is 14.5. The van der Waals surface area contributed by atoms with E-state index >= 15 is 0 Å². The van der Waals surface area contributed by atoms with Gasteiger partial charge in [0, 0.05) is 13.0 Å². The molecule has 0 saturated carbocycles. The molecule has 106 valence electrons. The van der Waals surface area contributed by atoms with E-state index in [0.717, 1.165) is 57.3 Å². The average molecular weight is 264 g/mol. The predicted octanol–water partition coefficient (Wildman–Crippen LogP) is 3.55. The van der Waals surface area contributed by atoms with Gasteiger partial charge in [-0.2, -0.15) is 0 Å². The molecule has 3 heteroatoms. The summed E-state index contributed by atoms with van der Waals surface area (Å²) in [5, 5.41) is 0. The number of hydrogen-bond donors (Lipinski definition) is 0. The third kappa shape index (κ3) is 5.29. The third-order valence-corrected chi connectivity index (χ3v) is 3.58. The van der Waals surface area contributed by atoms with Gasteiger partial charge in [-0.1, -0.05) is 18.2 Å². The maximum absolute atomic E-state index is 11.4. The minimum absolute atomic E-state index is 0.0268. The van der Waals surface area contributed by atoms with Gasteiger partial charge < -0.3 is 9.47 Å². The molecule has 19 heavy (non-hydrogen) atoms. The van der Waals surface area contributed by atoms with Crippen LogP contribution in [0.25, 0.3) is 0 Å². The van der Waals surface area contributed by atoms with E-state index in [2.05, 4.69) is 18.2 Å². The van der Waals surface area contributed by atoms with Crippen molar-refractivity contribution < 1.29 is 14.3 Å². The minimum Gasteiger partial charge on any atom is -0.353 e. The maximum atomic E-state index is 11.4. The lowest BCUT2D eigenvalue weighted by molar-refractivity contribution is -0.162. The lowest BCUT2D eigenvalue weighted by Gasteiger charge is -2.22. The number of carbonyl (C=O) groups is 1. The van der Waals surface area contributed by atoms with Crippen LogP contribution in [0.4, 0.5) is 0 Å². The van der Waals surface area contributed by atoms with Crippen LogP contribution in [-0.2, 0) is 14.3 Å². The number of ether oxygens (including phenoxy) is 2. The molecule has 2 rings (SSSR count). The highest BCUT2D eigenvalue weighted by molar-refractivity contribution is 5.97. The Labute approximate surface area is 115 Å². The molecule has 3 nitrogen and oxygen atoms in total. The summed E-state index contributed by atoms with van der Waals surface area (Å²) >= 11 is 0. The van der Waals surface area contributed by atoms with Crippen molar-refractivity contribution in [3.05, 3.63) is 23.8 Å². The normalized spacial score (nSPS) is 24.1. The zero-order valence-corrected chi connectivity index (χ0v) is 11.6. The van der Waals surface area contributed by atoms with E-state index in [1.54, 1.807) is 0 Å². The molecule has 0 aromatic rings. The molecule has 0 N–H and O–H groups in total. The van der Waals surface area contributed by atoms with Crippen molar-refractivity contribution in [1.29, 1.82) is 0 Å². The molecule has 1 aliphatic carbocycles. The Kier molecular flexibility index (Phi) is 6.31. The van der Waals surface area contributed by atoms with Gasteiger partial charge >= 0.3 is 0 Å². The lowest BCUT2D eigenvalue weighted by atomic mass is 10.1. The molecule has 1 saturated heterocycles. The first-order valence-electron chi connectivity index (χ1n) is 7.46. The van der Waals surface area contributed by atoms with Crippen molar-refractivity contribution in [2.75, 3.05) is 13.2 Å². The summed E-state index contributed by atoms with van der Waals surface area (Å²) in [7, 11) is 0. The van der Waals surface area contributed by atoms with Gasteiger partial charge in [-0.25, -0.2) is 0 Å². The Morgan fingerprint density at radius 3 is 3.05 bits per heavy atom. The fourth-order valence-corrected chi connectivity index (χ4v) is 2.44. The highest BCUT2D eigenvalue weighted by Gasteiger charge is 2.13. The zero-order chi connectivity index (χ0) is 13.3. The number of rotatable bonds is 7. The Morgan fingerprint density at radius 1 is 1.37 bits per heavy atom. The van der Waals surface area contributed by atoms with Crippen molar-refractivity contribution in [2.24, 2.45) is 0 Å². The fraction of sp³-hybridized carbons (Fsp3) is 0.688. The smallest absolute Gasteiger partial charge is 0.159 e. The Balaban J connectivity index is 1.48. The van der Waals surface area contributed by atoms with Gasteiger partial charge in [0.1, 0.15) is 0 Å². The van der Waals surface area contributed by atoms with Crippen LogP contribution in [0.2, 0.25) is 0 Å². The van der Waals surface area contributed by atoms with Crippen LogP contribution >= 0.6 is 0 Å². The number of hydrogen-bond acceptors (Lipinski definition) is 3. The van der Waals surface area contributed by atoms with Crippen molar-refractivity contribution in [2.45, 2.75) is 57.7 Å². The fourth-order valence-electron chi connectivity index (χ4n) is 2.44. The molecule has 1 aliphatic heterocycles. The van der Waals surface area contributed by atoms with Crippen LogP contribution < -0.4 is 0 Å². The predicted molar refractivity (Wildman–Crippen MR) is 74.9 cm³/mol. The number of allylic oxidation sites excluding steroid dienone is 4. The van der Waals surface area contributed by atoms with Gasteiger partial charge in [-0.05, 0) is 50.5 Å². The standard InChI is InChI=1S/C16H24O3/c17-15-10-7-9-14(15)8-3-1-2-5-12-18-16-11-4-6-13-19-16/h1,3,9,16H,2,4-8,10-13H2/b3-1-. The SMILES string of the molecule is O=C1CCC=C1C/C=C\CCCOC1CCCCO1. The van der Waals surface area contributed by atoms with Gasteiger partial charge in [0.2, 0.25) is 0 Å². The number of unbranched alkanes of at least 4 members (excludes halogenated alkanes) is 1. The van der Waals surface area contributed by atoms with Crippen molar-refractivity contribution in [3.8, 4) is 0 Å². The molecular weight excluding hydrogens is 240 g/mol. The summed E-state index contributed by atoms with van der Waals surface area (Å²) in [6, 6.07) is 0. The van der Waals surface area contributed by atoms with Crippen molar-refractivity contribution >= 4 is 5.78 Å². The van der Waals surface area contributed by atoms with E-state index in [0.29, 0.717) is 12.2 Å². The van der Waals surface area contributed by atoms with Gasteiger partial charge in [-0.3, -0.25) is 4.79 Å². The van der Waals surface area contributed by atoms with Crippen molar-refractivity contribution in [3.63, 3.8) is 0 Å². The summed E-state index contributed by atoms with van der Waals surface area (Å²) < 4.78 is 11.2. The molecular formula is C16H24O3. The zero-order valence-electron chi connectivity index (χ0n) is 11.6. The van der Waals surface area contributed by atoms with Gasteiger partial charge in [0.15, 0.2) is 12.1 Å². The second-order valence-corrected chi connectivity index (χ2v) is 5.18. The average Bonchev–Trinajstić information content (AvgIpc) is 2.84. The molecule has 0 amide bonds. The van der Waals surface area contributed by atoms with E-state index in [9.17, 15) is 4.79 Å². The van der Waals surface area contributed by atoms with Crippen LogP contribution in [0.3, 0.4) is 0 Å². The quantitative estimate of drug-likeness (QED) is 0.521. The van der Waals surface area contributed by atoms with Crippen LogP contribution in [-0.4, -0.2) is 25.3 Å². The number of ketones is 1. The third-order valence-electron chi connectivity index (χ3n) is 3.58. The Morgan fingerprint density at radius 2 is 2.32 bits per heavy atom. The van der Waals surface area contributed by atoms with Crippen LogP contribution in [0.5, 0.6) is 0 Å². The van der Waals surface area contributed by atoms with Crippen LogP contribution in [0.1, 0.15) is 51.4 Å². The minimum atomic E-state index is 0.0268. The molecule has 1 heterocycles. The highest BCUT2D eigenvalue weighted by atomic mass is 16.7. The molecule has 0 spiro atoms. The molecule has 1 unspecified atom stereocenters.